The number of hydrogen-bond donors (Lipinski definition) is 0. The fraction of sp³-hybridized carbons (Fsp3) is 0. The Balaban J connectivity index is 1.37. The molecule has 0 fully saturated rings. The lowest BCUT2D eigenvalue weighted by molar-refractivity contribution is 1.62. The summed E-state index contributed by atoms with van der Waals surface area (Å²) in [6.45, 7) is 0. The first-order chi connectivity index (χ1) is 30.5. The molecule has 0 unspecified atom stereocenters. The van der Waals surface area contributed by atoms with Gasteiger partial charge in [0, 0.05) is 65.3 Å². The van der Waals surface area contributed by atoms with Gasteiger partial charge in [0.15, 0.2) is 21.7 Å². The number of hydrogen-bond acceptors (Lipinski definition) is 4. The average Bonchev–Trinajstić information content (AvgIpc) is 3.33. The van der Waals surface area contributed by atoms with Crippen LogP contribution >= 0.6 is 0 Å². The average molecular weight is 793 g/mol. The minimum Gasteiger partial charge on any atom is -0.289 e. The number of rotatable bonds is 4. The molecule has 0 aromatic heterocycles. The zero-order valence-corrected chi connectivity index (χ0v) is 33.1. The van der Waals surface area contributed by atoms with Crippen molar-refractivity contribution >= 4 is 75.4 Å². The topological polar surface area (TPSA) is 68.3 Å². The summed E-state index contributed by atoms with van der Waals surface area (Å²) >= 11 is 0. The fourth-order valence-corrected chi connectivity index (χ4v) is 10.0. The summed E-state index contributed by atoms with van der Waals surface area (Å²) in [5.41, 5.74) is 5.29. The number of benzene rings is 12. The summed E-state index contributed by atoms with van der Waals surface area (Å²) in [6, 6.07) is 62.1. The van der Waals surface area contributed by atoms with Gasteiger partial charge in [-0.3, -0.25) is 19.2 Å². The van der Waals surface area contributed by atoms with Crippen LogP contribution < -0.4 is 21.7 Å². The fourth-order valence-electron chi connectivity index (χ4n) is 10.0. The lowest BCUT2D eigenvalue weighted by atomic mass is 9.81. The zero-order chi connectivity index (χ0) is 41.6. The van der Waals surface area contributed by atoms with Crippen molar-refractivity contribution in [3.05, 3.63) is 235 Å². The highest BCUT2D eigenvalue weighted by Gasteiger charge is 2.26. The van der Waals surface area contributed by atoms with E-state index >= 15 is 0 Å². The Morgan fingerprint density at radius 1 is 0.210 bits per heavy atom. The minimum absolute atomic E-state index is 0.194. The maximum Gasteiger partial charge on any atom is 0.195 e. The van der Waals surface area contributed by atoms with Crippen molar-refractivity contribution < 1.29 is 0 Å². The minimum atomic E-state index is -0.194. The van der Waals surface area contributed by atoms with E-state index in [2.05, 4.69) is 24.3 Å². The molecule has 12 aromatic carbocycles. The second-order valence-electron chi connectivity index (χ2n) is 16.0. The van der Waals surface area contributed by atoms with Crippen molar-refractivity contribution in [3.63, 3.8) is 0 Å². The van der Waals surface area contributed by atoms with Gasteiger partial charge in [0.1, 0.15) is 0 Å². The van der Waals surface area contributed by atoms with Gasteiger partial charge in [-0.2, -0.15) is 0 Å². The molecule has 0 spiro atoms. The highest BCUT2D eigenvalue weighted by Crippen LogP contribution is 2.47. The molecule has 0 atom stereocenters. The van der Waals surface area contributed by atoms with Crippen LogP contribution in [0, 0.1) is 0 Å². The largest absolute Gasteiger partial charge is 0.289 e. The van der Waals surface area contributed by atoms with Gasteiger partial charge in [0.05, 0.1) is 0 Å². The molecule has 4 nitrogen and oxygen atoms in total. The molecule has 0 radical (unpaired) electrons. The highest BCUT2D eigenvalue weighted by molar-refractivity contribution is 6.28. The molecular weight excluding hydrogens is 761 g/mol. The molecule has 0 saturated carbocycles. The van der Waals surface area contributed by atoms with Crippen molar-refractivity contribution in [2.45, 2.75) is 0 Å². The van der Waals surface area contributed by atoms with Crippen LogP contribution in [-0.4, -0.2) is 0 Å². The van der Waals surface area contributed by atoms with Gasteiger partial charge in [0.25, 0.3) is 0 Å². The van der Waals surface area contributed by atoms with E-state index in [0.717, 1.165) is 54.6 Å². The summed E-state index contributed by atoms with van der Waals surface area (Å²) in [5.74, 6) is 0. The van der Waals surface area contributed by atoms with Gasteiger partial charge in [-0.15, -0.1) is 0 Å². The molecule has 0 aliphatic heterocycles. The van der Waals surface area contributed by atoms with Gasteiger partial charge in [-0.1, -0.05) is 170 Å². The van der Waals surface area contributed by atoms with Crippen LogP contribution in [0.1, 0.15) is 0 Å². The zero-order valence-electron chi connectivity index (χ0n) is 33.1. The Morgan fingerprint density at radius 3 is 0.613 bits per heavy atom. The lowest BCUT2D eigenvalue weighted by Crippen LogP contribution is -2.15. The lowest BCUT2D eigenvalue weighted by Gasteiger charge is -2.20. The number of fused-ring (bicyclic) bond motifs is 7. The van der Waals surface area contributed by atoms with Crippen LogP contribution in [-0.2, 0) is 0 Å². The quantitative estimate of drug-likeness (QED) is 0.166. The Bertz CT molecular complexity index is 3550. The second kappa shape index (κ2) is 13.6. The predicted molar refractivity (Wildman–Crippen MR) is 258 cm³/mol. The van der Waals surface area contributed by atoms with Crippen LogP contribution in [0.4, 0.5) is 0 Å². The third kappa shape index (κ3) is 5.07. The highest BCUT2D eigenvalue weighted by atomic mass is 16.1. The van der Waals surface area contributed by atoms with Crippen LogP contribution in [0.15, 0.2) is 213 Å². The molecule has 0 amide bonds. The van der Waals surface area contributed by atoms with E-state index in [1.54, 1.807) is 48.5 Å². The van der Waals surface area contributed by atoms with Crippen molar-refractivity contribution in [3.8, 4) is 44.5 Å². The molecule has 4 heteroatoms. The monoisotopic (exact) mass is 792 g/mol. The molecule has 12 aromatic rings. The van der Waals surface area contributed by atoms with E-state index in [4.69, 9.17) is 0 Å². The molecule has 288 valence electrons. The first-order valence-corrected chi connectivity index (χ1v) is 20.7. The summed E-state index contributed by atoms with van der Waals surface area (Å²) < 4.78 is 0. The smallest absolute Gasteiger partial charge is 0.195 e. The molecule has 0 aliphatic rings. The van der Waals surface area contributed by atoms with E-state index in [1.165, 1.54) is 0 Å². The molecule has 12 rings (SSSR count). The third-order valence-electron chi connectivity index (χ3n) is 12.7. The van der Waals surface area contributed by atoms with Gasteiger partial charge in [-0.25, -0.2) is 0 Å². The van der Waals surface area contributed by atoms with Crippen LogP contribution in [0.3, 0.4) is 0 Å². The van der Waals surface area contributed by atoms with Crippen molar-refractivity contribution in [2.75, 3.05) is 0 Å². The molecule has 0 aliphatic carbocycles. The Kier molecular flexibility index (Phi) is 7.81. The Labute approximate surface area is 353 Å². The van der Waals surface area contributed by atoms with Gasteiger partial charge in [-0.05, 0) is 78.8 Å². The standard InChI is InChI=1S/C58H32O4/c59-55-39-25-13-14-26-40(39)56(60)52-48(34-19-7-2-8-20-34)44-30-38-32-46-45(31-37(38)29-43(44)47(51(52)55)33-17-5-1-6-18-33)49(35-21-9-3-10-22-35)53-54(50(46)36-23-11-4-12-24-36)58(62)42-28-16-15-27-41(42)57(53)61/h1-32H. The van der Waals surface area contributed by atoms with Gasteiger partial charge >= 0.3 is 0 Å². The molecule has 0 bridgehead atoms. The van der Waals surface area contributed by atoms with Gasteiger partial charge in [0.2, 0.25) is 0 Å². The predicted octanol–water partition coefficient (Wildman–Crippen LogP) is 12.7. The van der Waals surface area contributed by atoms with E-state index in [1.807, 2.05) is 121 Å². The second-order valence-corrected chi connectivity index (χ2v) is 16.0. The summed E-state index contributed by atoms with van der Waals surface area (Å²) in [4.78, 5) is 59.8. The van der Waals surface area contributed by atoms with Crippen molar-refractivity contribution in [1.82, 2.24) is 0 Å². The molecule has 62 heavy (non-hydrogen) atoms. The molecule has 0 heterocycles. The first kappa shape index (κ1) is 35.6. The van der Waals surface area contributed by atoms with Crippen LogP contribution in [0.5, 0.6) is 0 Å². The van der Waals surface area contributed by atoms with E-state index in [-0.39, 0.29) is 21.7 Å². The Morgan fingerprint density at radius 2 is 0.403 bits per heavy atom. The van der Waals surface area contributed by atoms with Crippen molar-refractivity contribution in [1.29, 1.82) is 0 Å². The summed E-state index contributed by atoms with van der Waals surface area (Å²) in [5, 5.41) is 8.15. The van der Waals surface area contributed by atoms with E-state index < -0.39 is 0 Å². The molecular formula is C58H32O4. The SMILES string of the molecule is O=c1c2ccccc2c(=O)c2c(-c3ccccc3)c3cc4cc5c(-c6ccccc6)c6c(=O)c7ccccc7c(=O)c6c(-c6ccccc6)c5cc4cc3c(-c3ccccc3)c12. The van der Waals surface area contributed by atoms with Crippen LogP contribution in [0.25, 0.3) is 120 Å². The van der Waals surface area contributed by atoms with Crippen molar-refractivity contribution in [2.24, 2.45) is 0 Å². The molecule has 0 saturated heterocycles. The maximum atomic E-state index is 15.0. The summed E-state index contributed by atoms with van der Waals surface area (Å²) in [7, 11) is 0. The maximum absolute atomic E-state index is 15.0. The van der Waals surface area contributed by atoms with Crippen LogP contribution in [0.2, 0.25) is 0 Å². The Hall–Kier alpha value is -8.34. The van der Waals surface area contributed by atoms with Gasteiger partial charge < -0.3 is 0 Å². The molecule has 0 N–H and O–H groups in total. The summed E-state index contributed by atoms with van der Waals surface area (Å²) in [6.07, 6.45) is 0. The third-order valence-corrected chi connectivity index (χ3v) is 12.7. The normalized spacial score (nSPS) is 11.8. The first-order valence-electron chi connectivity index (χ1n) is 20.7. The van der Waals surface area contributed by atoms with E-state index in [0.29, 0.717) is 65.3 Å². The van der Waals surface area contributed by atoms with E-state index in [9.17, 15) is 19.2 Å².